The Morgan fingerprint density at radius 3 is 2.83 bits per heavy atom. The number of aryl methyl sites for hydroxylation is 1. The Labute approximate surface area is 112 Å². The predicted octanol–water partition coefficient (Wildman–Crippen LogP) is 1.78. The molecule has 1 aliphatic heterocycles. The van der Waals surface area contributed by atoms with Crippen molar-refractivity contribution in [1.82, 2.24) is 0 Å². The zero-order chi connectivity index (χ0) is 13.3. The molecule has 98 valence electrons. The first-order valence-electron chi connectivity index (χ1n) is 6.06. The maximum Gasteiger partial charge on any atom is 0.228 e. The zero-order valence-electron chi connectivity index (χ0n) is 10.7. The minimum atomic E-state index is 0.126. The normalized spacial score (nSPS) is 15.7. The third kappa shape index (κ3) is 2.31. The number of fused-ring (bicyclic) bond motifs is 1. The van der Waals surface area contributed by atoms with Crippen LogP contribution in [0.3, 0.4) is 0 Å². The lowest BCUT2D eigenvalue weighted by Crippen LogP contribution is -2.30. The first kappa shape index (κ1) is 13.2. The van der Waals surface area contributed by atoms with Gasteiger partial charge in [0.2, 0.25) is 5.91 Å². The van der Waals surface area contributed by atoms with E-state index in [1.54, 1.807) is 4.90 Å². The van der Waals surface area contributed by atoms with Crippen molar-refractivity contribution in [2.75, 3.05) is 36.5 Å². The summed E-state index contributed by atoms with van der Waals surface area (Å²) in [5.74, 6) is 0.126. The molecule has 1 aromatic carbocycles. The standard InChI is InChI=1S/C13H18ClN3O/c1-9-7-10(14)8-11-13(9)16(2)12(18)3-5-17(11)6-4-15/h7-8H,3-6,15H2,1-2H3. The second-order valence-electron chi connectivity index (χ2n) is 4.57. The number of rotatable bonds is 2. The van der Waals surface area contributed by atoms with Crippen LogP contribution in [0.25, 0.3) is 0 Å². The number of hydrogen-bond donors (Lipinski definition) is 1. The summed E-state index contributed by atoms with van der Waals surface area (Å²) in [6.45, 7) is 3.95. The van der Waals surface area contributed by atoms with Gasteiger partial charge in [0.1, 0.15) is 0 Å². The molecule has 0 radical (unpaired) electrons. The van der Waals surface area contributed by atoms with Gasteiger partial charge in [-0.15, -0.1) is 0 Å². The van der Waals surface area contributed by atoms with Crippen LogP contribution in [0.1, 0.15) is 12.0 Å². The van der Waals surface area contributed by atoms with Crippen LogP contribution in [-0.2, 0) is 4.79 Å². The number of hydrogen-bond acceptors (Lipinski definition) is 3. The van der Waals surface area contributed by atoms with E-state index in [9.17, 15) is 4.79 Å². The maximum absolute atomic E-state index is 12.0. The van der Waals surface area contributed by atoms with Crippen LogP contribution in [0.4, 0.5) is 11.4 Å². The van der Waals surface area contributed by atoms with E-state index in [-0.39, 0.29) is 5.91 Å². The van der Waals surface area contributed by atoms with Crippen LogP contribution >= 0.6 is 11.6 Å². The number of carbonyl (C=O) groups is 1. The first-order chi connectivity index (χ1) is 8.54. The van der Waals surface area contributed by atoms with Gasteiger partial charge in [0, 0.05) is 38.1 Å². The zero-order valence-corrected chi connectivity index (χ0v) is 11.5. The van der Waals surface area contributed by atoms with E-state index in [4.69, 9.17) is 17.3 Å². The SMILES string of the molecule is Cc1cc(Cl)cc2c1N(C)C(=O)CCN2CCN. The summed E-state index contributed by atoms with van der Waals surface area (Å²) >= 11 is 6.12. The molecular weight excluding hydrogens is 250 g/mol. The number of carbonyl (C=O) groups excluding carboxylic acids is 1. The van der Waals surface area contributed by atoms with Crippen molar-refractivity contribution in [1.29, 1.82) is 0 Å². The molecule has 2 N–H and O–H groups in total. The van der Waals surface area contributed by atoms with Crippen molar-refractivity contribution in [3.05, 3.63) is 22.7 Å². The molecule has 0 unspecified atom stereocenters. The molecule has 0 fully saturated rings. The number of nitrogens with zero attached hydrogens (tertiary/aromatic N) is 2. The van der Waals surface area contributed by atoms with Crippen LogP contribution < -0.4 is 15.5 Å². The molecule has 1 aliphatic rings. The Balaban J connectivity index is 2.57. The molecule has 0 aliphatic carbocycles. The van der Waals surface area contributed by atoms with E-state index >= 15 is 0 Å². The minimum absolute atomic E-state index is 0.126. The fourth-order valence-corrected chi connectivity index (χ4v) is 2.69. The van der Waals surface area contributed by atoms with Gasteiger partial charge in [0.15, 0.2) is 0 Å². The van der Waals surface area contributed by atoms with Crippen LogP contribution in [0, 0.1) is 6.92 Å². The third-order valence-electron chi connectivity index (χ3n) is 3.29. The number of benzene rings is 1. The molecule has 18 heavy (non-hydrogen) atoms. The van der Waals surface area contributed by atoms with E-state index in [0.717, 1.165) is 23.5 Å². The number of amides is 1. The predicted molar refractivity (Wildman–Crippen MR) is 75.5 cm³/mol. The highest BCUT2D eigenvalue weighted by molar-refractivity contribution is 6.31. The number of nitrogens with two attached hydrogens (primary N) is 1. The fourth-order valence-electron chi connectivity index (χ4n) is 2.43. The summed E-state index contributed by atoms with van der Waals surface area (Å²) in [5, 5.41) is 0.691. The van der Waals surface area contributed by atoms with Crippen molar-refractivity contribution in [3.8, 4) is 0 Å². The monoisotopic (exact) mass is 267 g/mol. The van der Waals surface area contributed by atoms with E-state index in [1.165, 1.54) is 0 Å². The van der Waals surface area contributed by atoms with E-state index < -0.39 is 0 Å². The Kier molecular flexibility index (Phi) is 3.78. The van der Waals surface area contributed by atoms with Crippen LogP contribution in [0.15, 0.2) is 12.1 Å². The molecule has 0 saturated carbocycles. The average Bonchev–Trinajstić information content (AvgIpc) is 2.42. The highest BCUT2D eigenvalue weighted by atomic mass is 35.5. The van der Waals surface area contributed by atoms with Gasteiger partial charge >= 0.3 is 0 Å². The van der Waals surface area contributed by atoms with Gasteiger partial charge < -0.3 is 15.5 Å². The molecule has 5 heteroatoms. The van der Waals surface area contributed by atoms with Crippen molar-refractivity contribution < 1.29 is 4.79 Å². The number of halogens is 1. The molecule has 0 spiro atoms. The third-order valence-corrected chi connectivity index (χ3v) is 3.51. The summed E-state index contributed by atoms with van der Waals surface area (Å²) in [5.41, 5.74) is 8.59. The molecule has 0 bridgehead atoms. The van der Waals surface area contributed by atoms with Gasteiger partial charge in [-0.3, -0.25) is 4.79 Å². The second-order valence-corrected chi connectivity index (χ2v) is 5.01. The van der Waals surface area contributed by atoms with Gasteiger partial charge in [0.05, 0.1) is 11.4 Å². The molecular formula is C13H18ClN3O. The van der Waals surface area contributed by atoms with E-state index in [2.05, 4.69) is 4.90 Å². The maximum atomic E-state index is 12.0. The molecule has 0 atom stereocenters. The Morgan fingerprint density at radius 1 is 1.44 bits per heavy atom. The lowest BCUT2D eigenvalue weighted by molar-refractivity contribution is -0.118. The van der Waals surface area contributed by atoms with Crippen molar-refractivity contribution >= 4 is 28.9 Å². The molecule has 4 nitrogen and oxygen atoms in total. The Morgan fingerprint density at radius 2 is 2.17 bits per heavy atom. The molecule has 2 rings (SSSR count). The van der Waals surface area contributed by atoms with Gasteiger partial charge in [-0.05, 0) is 24.6 Å². The summed E-state index contributed by atoms with van der Waals surface area (Å²) in [6.07, 6.45) is 0.502. The first-order valence-corrected chi connectivity index (χ1v) is 6.44. The average molecular weight is 268 g/mol. The lowest BCUT2D eigenvalue weighted by atomic mass is 10.1. The van der Waals surface area contributed by atoms with Crippen LogP contribution in [-0.4, -0.2) is 32.6 Å². The quantitative estimate of drug-likeness (QED) is 0.889. The summed E-state index contributed by atoms with van der Waals surface area (Å²) in [7, 11) is 1.81. The van der Waals surface area contributed by atoms with Gasteiger partial charge in [0.25, 0.3) is 0 Å². The molecule has 0 saturated heterocycles. The summed E-state index contributed by atoms with van der Waals surface area (Å²) < 4.78 is 0. The Bertz CT molecular complexity index is 476. The fraction of sp³-hybridized carbons (Fsp3) is 0.462. The molecule has 1 aromatic rings. The van der Waals surface area contributed by atoms with Crippen molar-refractivity contribution in [3.63, 3.8) is 0 Å². The lowest BCUT2D eigenvalue weighted by Gasteiger charge is -2.26. The minimum Gasteiger partial charge on any atom is -0.368 e. The highest BCUT2D eigenvalue weighted by Crippen LogP contribution is 2.37. The van der Waals surface area contributed by atoms with Gasteiger partial charge in [-0.1, -0.05) is 11.6 Å². The van der Waals surface area contributed by atoms with Gasteiger partial charge in [-0.25, -0.2) is 0 Å². The van der Waals surface area contributed by atoms with E-state index in [0.29, 0.717) is 24.5 Å². The van der Waals surface area contributed by atoms with Crippen LogP contribution in [0.2, 0.25) is 5.02 Å². The molecule has 1 amide bonds. The molecule has 1 heterocycles. The smallest absolute Gasteiger partial charge is 0.228 e. The second kappa shape index (κ2) is 5.16. The van der Waals surface area contributed by atoms with Crippen LogP contribution in [0.5, 0.6) is 0 Å². The Hall–Kier alpha value is -1.26. The van der Waals surface area contributed by atoms with Gasteiger partial charge in [-0.2, -0.15) is 0 Å². The summed E-state index contributed by atoms with van der Waals surface area (Å²) in [4.78, 5) is 15.9. The van der Waals surface area contributed by atoms with Crippen molar-refractivity contribution in [2.45, 2.75) is 13.3 Å². The molecule has 0 aromatic heterocycles. The van der Waals surface area contributed by atoms with E-state index in [1.807, 2.05) is 26.1 Å². The number of anilines is 2. The summed E-state index contributed by atoms with van der Waals surface area (Å²) in [6, 6.07) is 3.80. The topological polar surface area (TPSA) is 49.6 Å². The highest BCUT2D eigenvalue weighted by Gasteiger charge is 2.25. The van der Waals surface area contributed by atoms with Crippen molar-refractivity contribution in [2.24, 2.45) is 5.73 Å². The largest absolute Gasteiger partial charge is 0.368 e.